The van der Waals surface area contributed by atoms with Crippen LogP contribution in [0.3, 0.4) is 0 Å². The molecule has 2 aromatic carbocycles. The third kappa shape index (κ3) is 1.69. The quantitative estimate of drug-likeness (QED) is 0.490. The molecule has 4 aromatic rings. The smallest absolute Gasteiger partial charge is 0.127 e. The maximum atomic E-state index is 5.33. The molecule has 0 aliphatic carbocycles. The molecule has 0 unspecified atom stereocenters. The number of benzene rings is 2. The van der Waals surface area contributed by atoms with Crippen LogP contribution >= 0.6 is 23.6 Å². The number of nitrogens with one attached hydrogen (secondary N) is 1. The summed E-state index contributed by atoms with van der Waals surface area (Å²) < 4.78 is 1.94. The standard InChI is InChI=1S/C16H10N2S2/c19-16-12-6-2-1-5-11(12)14(17-18-16)13-7-3-4-10-8-9-20-15(10)13/h1-9H,(H,18,19). The summed E-state index contributed by atoms with van der Waals surface area (Å²) in [6.07, 6.45) is 0. The van der Waals surface area contributed by atoms with Crippen LogP contribution in [0.25, 0.3) is 32.1 Å². The zero-order valence-electron chi connectivity index (χ0n) is 10.5. The molecular formula is C16H10N2S2. The number of nitrogens with zero attached hydrogens (tertiary/aromatic N) is 1. The van der Waals surface area contributed by atoms with E-state index in [1.54, 1.807) is 11.3 Å². The minimum absolute atomic E-state index is 0.683. The van der Waals surface area contributed by atoms with Gasteiger partial charge in [0.15, 0.2) is 0 Å². The normalized spacial score (nSPS) is 11.2. The average Bonchev–Trinajstić information content (AvgIpc) is 2.97. The highest BCUT2D eigenvalue weighted by molar-refractivity contribution is 7.71. The zero-order valence-corrected chi connectivity index (χ0v) is 12.1. The van der Waals surface area contributed by atoms with Gasteiger partial charge in [-0.05, 0) is 16.8 Å². The number of hydrogen-bond donors (Lipinski definition) is 1. The molecule has 2 nitrogen and oxygen atoms in total. The summed E-state index contributed by atoms with van der Waals surface area (Å²) in [5.74, 6) is 0. The molecule has 0 spiro atoms. The van der Waals surface area contributed by atoms with Gasteiger partial charge in [0.1, 0.15) is 4.64 Å². The fraction of sp³-hybridized carbons (Fsp3) is 0. The SMILES string of the molecule is S=c1[nH]nc(-c2cccc3ccsc23)c2ccccc12. The number of hydrogen-bond acceptors (Lipinski definition) is 3. The molecule has 4 heteroatoms. The van der Waals surface area contributed by atoms with Gasteiger partial charge in [-0.1, -0.05) is 54.7 Å². The van der Waals surface area contributed by atoms with Crippen molar-refractivity contribution < 1.29 is 0 Å². The predicted octanol–water partition coefficient (Wildman–Crippen LogP) is 5.17. The zero-order chi connectivity index (χ0) is 13.5. The summed E-state index contributed by atoms with van der Waals surface area (Å²) >= 11 is 7.07. The highest BCUT2D eigenvalue weighted by Crippen LogP contribution is 2.34. The van der Waals surface area contributed by atoms with Gasteiger partial charge in [0, 0.05) is 21.0 Å². The Kier molecular flexibility index (Phi) is 2.65. The maximum Gasteiger partial charge on any atom is 0.127 e. The summed E-state index contributed by atoms with van der Waals surface area (Å²) in [5, 5.41) is 13.0. The molecule has 0 fully saturated rings. The molecule has 2 heterocycles. The number of aromatic amines is 1. The highest BCUT2D eigenvalue weighted by atomic mass is 32.1. The maximum absolute atomic E-state index is 5.33. The predicted molar refractivity (Wildman–Crippen MR) is 87.7 cm³/mol. The highest BCUT2D eigenvalue weighted by Gasteiger charge is 2.10. The molecule has 0 atom stereocenters. The number of rotatable bonds is 1. The Balaban J connectivity index is 2.16. The van der Waals surface area contributed by atoms with Gasteiger partial charge < -0.3 is 0 Å². The third-order valence-corrected chi connectivity index (χ3v) is 4.70. The van der Waals surface area contributed by atoms with E-state index in [-0.39, 0.29) is 0 Å². The molecule has 0 aliphatic heterocycles. The van der Waals surface area contributed by atoms with Crippen LogP contribution in [0.5, 0.6) is 0 Å². The summed E-state index contributed by atoms with van der Waals surface area (Å²) in [6.45, 7) is 0. The van der Waals surface area contributed by atoms with Crippen LogP contribution in [0, 0.1) is 4.64 Å². The molecule has 96 valence electrons. The van der Waals surface area contributed by atoms with Crippen LogP contribution in [0.15, 0.2) is 53.9 Å². The van der Waals surface area contributed by atoms with Crippen LogP contribution in [0.2, 0.25) is 0 Å². The molecule has 1 N–H and O–H groups in total. The van der Waals surface area contributed by atoms with Gasteiger partial charge in [0.25, 0.3) is 0 Å². The Labute approximate surface area is 124 Å². The van der Waals surface area contributed by atoms with Gasteiger partial charge in [0.2, 0.25) is 0 Å². The average molecular weight is 294 g/mol. The van der Waals surface area contributed by atoms with Gasteiger partial charge >= 0.3 is 0 Å². The van der Waals surface area contributed by atoms with Crippen LogP contribution in [0.1, 0.15) is 0 Å². The lowest BCUT2D eigenvalue weighted by molar-refractivity contribution is 1.04. The molecule has 0 aliphatic rings. The molecule has 0 amide bonds. The Bertz CT molecular complexity index is 982. The van der Waals surface area contributed by atoms with Gasteiger partial charge in [-0.25, -0.2) is 0 Å². The minimum Gasteiger partial charge on any atom is -0.267 e. The first-order valence-corrected chi connectivity index (χ1v) is 7.57. The van der Waals surface area contributed by atoms with Crippen molar-refractivity contribution in [2.75, 3.05) is 0 Å². The van der Waals surface area contributed by atoms with E-state index in [2.05, 4.69) is 45.9 Å². The molecule has 20 heavy (non-hydrogen) atoms. The van der Waals surface area contributed by atoms with E-state index < -0.39 is 0 Å². The second-order valence-electron chi connectivity index (χ2n) is 4.59. The Morgan fingerprint density at radius 3 is 2.70 bits per heavy atom. The van der Waals surface area contributed by atoms with Crippen LogP contribution in [0.4, 0.5) is 0 Å². The van der Waals surface area contributed by atoms with E-state index in [9.17, 15) is 0 Å². The fourth-order valence-electron chi connectivity index (χ4n) is 2.50. The van der Waals surface area contributed by atoms with Crippen molar-refractivity contribution in [3.05, 3.63) is 58.6 Å². The van der Waals surface area contributed by atoms with Gasteiger partial charge in [0.05, 0.1) is 5.69 Å². The lowest BCUT2D eigenvalue weighted by Gasteiger charge is -2.06. The molecule has 0 saturated heterocycles. The first-order chi connectivity index (χ1) is 9.84. The Hall–Kier alpha value is -2.04. The van der Waals surface area contributed by atoms with Crippen molar-refractivity contribution in [3.8, 4) is 11.3 Å². The number of aromatic nitrogens is 2. The first kappa shape index (κ1) is 11.8. The molecular weight excluding hydrogens is 284 g/mol. The lowest BCUT2D eigenvalue weighted by atomic mass is 10.0. The molecule has 0 saturated carbocycles. The molecule has 0 radical (unpaired) electrons. The van der Waals surface area contributed by atoms with E-state index in [0.29, 0.717) is 4.64 Å². The van der Waals surface area contributed by atoms with Crippen molar-refractivity contribution in [1.82, 2.24) is 10.2 Å². The Morgan fingerprint density at radius 1 is 0.950 bits per heavy atom. The minimum atomic E-state index is 0.683. The molecule has 4 rings (SSSR count). The van der Waals surface area contributed by atoms with Gasteiger partial charge in [-0.2, -0.15) is 5.10 Å². The van der Waals surface area contributed by atoms with Crippen LogP contribution in [-0.4, -0.2) is 10.2 Å². The molecule has 2 aromatic heterocycles. The van der Waals surface area contributed by atoms with Gasteiger partial charge in [-0.15, -0.1) is 11.3 Å². The first-order valence-electron chi connectivity index (χ1n) is 6.28. The number of H-pyrrole nitrogens is 1. The summed E-state index contributed by atoms with van der Waals surface area (Å²) in [4.78, 5) is 0. The van der Waals surface area contributed by atoms with Crippen molar-refractivity contribution in [1.29, 1.82) is 0 Å². The largest absolute Gasteiger partial charge is 0.267 e. The fourth-order valence-corrected chi connectivity index (χ4v) is 3.64. The van der Waals surface area contributed by atoms with Crippen LogP contribution in [-0.2, 0) is 0 Å². The number of thiophene rings is 1. The van der Waals surface area contributed by atoms with Gasteiger partial charge in [-0.3, -0.25) is 5.10 Å². The summed E-state index contributed by atoms with van der Waals surface area (Å²) in [6, 6.07) is 16.6. The second kappa shape index (κ2) is 4.51. The van der Waals surface area contributed by atoms with E-state index >= 15 is 0 Å². The van der Waals surface area contributed by atoms with Crippen molar-refractivity contribution in [2.24, 2.45) is 0 Å². The van der Waals surface area contributed by atoms with Crippen LogP contribution < -0.4 is 0 Å². The Morgan fingerprint density at radius 2 is 1.80 bits per heavy atom. The lowest BCUT2D eigenvalue weighted by Crippen LogP contribution is -1.91. The van der Waals surface area contributed by atoms with E-state index in [1.807, 2.05) is 18.2 Å². The van der Waals surface area contributed by atoms with Crippen molar-refractivity contribution >= 4 is 44.4 Å². The summed E-state index contributed by atoms with van der Waals surface area (Å²) in [5.41, 5.74) is 2.11. The van der Waals surface area contributed by atoms with Crippen molar-refractivity contribution in [2.45, 2.75) is 0 Å². The number of fused-ring (bicyclic) bond motifs is 2. The second-order valence-corrected chi connectivity index (χ2v) is 5.92. The van der Waals surface area contributed by atoms with Crippen molar-refractivity contribution in [3.63, 3.8) is 0 Å². The summed E-state index contributed by atoms with van der Waals surface area (Å²) in [7, 11) is 0. The van der Waals surface area contributed by atoms with E-state index in [1.165, 1.54) is 10.1 Å². The monoisotopic (exact) mass is 294 g/mol. The van der Waals surface area contributed by atoms with E-state index in [4.69, 9.17) is 12.2 Å². The van der Waals surface area contributed by atoms with E-state index in [0.717, 1.165) is 22.0 Å². The topological polar surface area (TPSA) is 28.7 Å². The third-order valence-electron chi connectivity index (χ3n) is 3.43. The molecule has 0 bridgehead atoms.